The SMILES string of the molecule is CCc1cccc(Nc2nc(C)cc(=O)n2CC(=O)Nc2ccc3c(c2)OCCO3)c1. The van der Waals surface area contributed by atoms with Crippen LogP contribution in [0.5, 0.6) is 11.5 Å². The Balaban J connectivity index is 1.54. The molecule has 8 nitrogen and oxygen atoms in total. The Hall–Kier alpha value is -3.81. The monoisotopic (exact) mass is 420 g/mol. The topological polar surface area (TPSA) is 94.5 Å². The molecule has 1 aliphatic heterocycles. The number of anilines is 3. The quantitative estimate of drug-likeness (QED) is 0.636. The van der Waals surface area contributed by atoms with Gasteiger partial charge in [0, 0.05) is 29.2 Å². The zero-order valence-electron chi connectivity index (χ0n) is 17.5. The molecule has 4 rings (SSSR count). The summed E-state index contributed by atoms with van der Waals surface area (Å²) in [6.07, 6.45) is 0.890. The lowest BCUT2D eigenvalue weighted by Gasteiger charge is -2.19. The van der Waals surface area contributed by atoms with E-state index in [0.717, 1.165) is 17.7 Å². The van der Waals surface area contributed by atoms with Crippen LogP contribution in [0, 0.1) is 6.92 Å². The van der Waals surface area contributed by atoms with Crippen LogP contribution in [0.4, 0.5) is 17.3 Å². The molecule has 1 amide bonds. The van der Waals surface area contributed by atoms with Crippen molar-refractivity contribution >= 4 is 23.2 Å². The number of fused-ring (bicyclic) bond motifs is 1. The van der Waals surface area contributed by atoms with Crippen molar-refractivity contribution in [1.82, 2.24) is 9.55 Å². The van der Waals surface area contributed by atoms with E-state index < -0.39 is 0 Å². The molecule has 0 spiro atoms. The van der Waals surface area contributed by atoms with Gasteiger partial charge in [-0.05, 0) is 43.2 Å². The number of aryl methyl sites for hydroxylation is 2. The summed E-state index contributed by atoms with van der Waals surface area (Å²) in [7, 11) is 0. The van der Waals surface area contributed by atoms with Gasteiger partial charge in [-0.25, -0.2) is 4.98 Å². The van der Waals surface area contributed by atoms with Crippen LogP contribution < -0.4 is 25.7 Å². The highest BCUT2D eigenvalue weighted by molar-refractivity contribution is 5.91. The molecule has 31 heavy (non-hydrogen) atoms. The first-order valence-corrected chi connectivity index (χ1v) is 10.2. The van der Waals surface area contributed by atoms with Crippen molar-refractivity contribution < 1.29 is 14.3 Å². The second kappa shape index (κ2) is 8.91. The summed E-state index contributed by atoms with van der Waals surface area (Å²) in [6.45, 7) is 4.59. The molecule has 0 atom stereocenters. The number of aromatic nitrogens is 2. The number of carbonyl (C=O) groups is 1. The van der Waals surface area contributed by atoms with E-state index in [1.165, 1.54) is 10.6 Å². The maximum absolute atomic E-state index is 12.7. The van der Waals surface area contributed by atoms with Crippen LogP contribution in [-0.4, -0.2) is 28.7 Å². The van der Waals surface area contributed by atoms with Crippen molar-refractivity contribution in [2.24, 2.45) is 0 Å². The normalized spacial score (nSPS) is 12.3. The number of nitrogens with one attached hydrogen (secondary N) is 2. The molecule has 1 aliphatic rings. The highest BCUT2D eigenvalue weighted by Crippen LogP contribution is 2.32. The molecule has 2 heterocycles. The fraction of sp³-hybridized carbons (Fsp3) is 0.261. The molecular formula is C23H24N4O4. The Labute approximate surface area is 179 Å². The third kappa shape index (κ3) is 4.85. The van der Waals surface area contributed by atoms with Gasteiger partial charge in [0.2, 0.25) is 11.9 Å². The summed E-state index contributed by atoms with van der Waals surface area (Å²) in [5.41, 5.74) is 2.79. The highest BCUT2D eigenvalue weighted by atomic mass is 16.6. The molecule has 3 aromatic rings. The van der Waals surface area contributed by atoms with Crippen LogP contribution in [0.2, 0.25) is 0 Å². The minimum absolute atomic E-state index is 0.184. The predicted molar refractivity (Wildman–Crippen MR) is 118 cm³/mol. The maximum atomic E-state index is 12.7. The smallest absolute Gasteiger partial charge is 0.255 e. The first kappa shape index (κ1) is 20.5. The number of rotatable bonds is 6. The Bertz CT molecular complexity index is 1170. The van der Waals surface area contributed by atoms with E-state index in [-0.39, 0.29) is 18.0 Å². The lowest BCUT2D eigenvalue weighted by atomic mass is 10.1. The standard InChI is InChI=1S/C23H24N4O4/c1-3-16-5-4-6-17(12-16)26-23-24-15(2)11-22(29)27(23)14-21(28)25-18-7-8-19-20(13-18)31-10-9-30-19/h4-8,11-13H,3,9-10,14H2,1-2H3,(H,24,26)(H,25,28). The molecule has 2 N–H and O–H groups in total. The van der Waals surface area contributed by atoms with E-state index in [1.807, 2.05) is 24.3 Å². The Kier molecular flexibility index (Phi) is 5.88. The summed E-state index contributed by atoms with van der Waals surface area (Å²) >= 11 is 0. The fourth-order valence-electron chi connectivity index (χ4n) is 3.33. The van der Waals surface area contributed by atoms with Crippen molar-refractivity contribution in [3.05, 3.63) is 70.1 Å². The molecule has 0 saturated heterocycles. The van der Waals surface area contributed by atoms with Crippen molar-refractivity contribution in [3.8, 4) is 11.5 Å². The van der Waals surface area contributed by atoms with E-state index in [2.05, 4.69) is 22.5 Å². The highest BCUT2D eigenvalue weighted by Gasteiger charge is 2.15. The van der Waals surface area contributed by atoms with Crippen molar-refractivity contribution in [2.45, 2.75) is 26.8 Å². The van der Waals surface area contributed by atoms with Gasteiger partial charge in [-0.1, -0.05) is 19.1 Å². The van der Waals surface area contributed by atoms with Crippen LogP contribution in [0.1, 0.15) is 18.2 Å². The zero-order chi connectivity index (χ0) is 21.8. The van der Waals surface area contributed by atoms with Gasteiger partial charge in [-0.3, -0.25) is 14.2 Å². The maximum Gasteiger partial charge on any atom is 0.255 e. The van der Waals surface area contributed by atoms with Crippen LogP contribution in [-0.2, 0) is 17.8 Å². The van der Waals surface area contributed by atoms with Gasteiger partial charge in [0.25, 0.3) is 5.56 Å². The van der Waals surface area contributed by atoms with E-state index in [0.29, 0.717) is 42.0 Å². The minimum atomic E-state index is -0.352. The Morgan fingerprint density at radius 3 is 2.68 bits per heavy atom. The third-order valence-electron chi connectivity index (χ3n) is 4.86. The van der Waals surface area contributed by atoms with E-state index in [4.69, 9.17) is 9.47 Å². The van der Waals surface area contributed by atoms with Crippen LogP contribution >= 0.6 is 0 Å². The molecule has 8 heteroatoms. The number of hydrogen-bond donors (Lipinski definition) is 2. The van der Waals surface area contributed by atoms with Crippen LogP contribution in [0.3, 0.4) is 0 Å². The Morgan fingerprint density at radius 1 is 1.06 bits per heavy atom. The molecule has 160 valence electrons. The van der Waals surface area contributed by atoms with Gasteiger partial charge in [-0.15, -0.1) is 0 Å². The summed E-state index contributed by atoms with van der Waals surface area (Å²) < 4.78 is 12.4. The molecule has 0 unspecified atom stereocenters. The summed E-state index contributed by atoms with van der Waals surface area (Å²) in [6, 6.07) is 14.5. The zero-order valence-corrected chi connectivity index (χ0v) is 17.5. The first-order valence-electron chi connectivity index (χ1n) is 10.2. The van der Waals surface area contributed by atoms with Crippen molar-refractivity contribution in [1.29, 1.82) is 0 Å². The number of amides is 1. The summed E-state index contributed by atoms with van der Waals surface area (Å²) in [5.74, 6) is 1.19. The van der Waals surface area contributed by atoms with E-state index >= 15 is 0 Å². The minimum Gasteiger partial charge on any atom is -0.486 e. The molecule has 0 saturated carbocycles. The van der Waals surface area contributed by atoms with Gasteiger partial charge >= 0.3 is 0 Å². The molecule has 0 fully saturated rings. The van der Waals surface area contributed by atoms with Crippen LogP contribution in [0.25, 0.3) is 0 Å². The molecule has 0 radical (unpaired) electrons. The Morgan fingerprint density at radius 2 is 1.87 bits per heavy atom. The number of benzene rings is 2. The lowest BCUT2D eigenvalue weighted by Crippen LogP contribution is -2.30. The van der Waals surface area contributed by atoms with E-state index in [1.54, 1.807) is 25.1 Å². The van der Waals surface area contributed by atoms with Gasteiger partial charge < -0.3 is 20.1 Å². The first-order chi connectivity index (χ1) is 15.0. The molecule has 1 aromatic heterocycles. The third-order valence-corrected chi connectivity index (χ3v) is 4.86. The number of carbonyl (C=O) groups excluding carboxylic acids is 1. The molecule has 0 bridgehead atoms. The van der Waals surface area contributed by atoms with Crippen molar-refractivity contribution in [2.75, 3.05) is 23.8 Å². The van der Waals surface area contributed by atoms with Gasteiger partial charge in [0.15, 0.2) is 11.5 Å². The number of nitrogens with zero attached hydrogens (tertiary/aromatic N) is 2. The number of ether oxygens (including phenoxy) is 2. The number of hydrogen-bond acceptors (Lipinski definition) is 6. The average molecular weight is 420 g/mol. The predicted octanol–water partition coefficient (Wildman–Crippen LogP) is 3.27. The largest absolute Gasteiger partial charge is 0.486 e. The summed E-state index contributed by atoms with van der Waals surface area (Å²) in [5, 5.41) is 5.98. The molecule has 0 aliphatic carbocycles. The second-order valence-electron chi connectivity index (χ2n) is 7.23. The fourth-order valence-corrected chi connectivity index (χ4v) is 3.33. The summed E-state index contributed by atoms with van der Waals surface area (Å²) in [4.78, 5) is 29.8. The van der Waals surface area contributed by atoms with Gasteiger partial charge in [0.1, 0.15) is 19.8 Å². The second-order valence-corrected chi connectivity index (χ2v) is 7.23. The lowest BCUT2D eigenvalue weighted by molar-refractivity contribution is -0.116. The van der Waals surface area contributed by atoms with Gasteiger partial charge in [-0.2, -0.15) is 0 Å². The van der Waals surface area contributed by atoms with Crippen LogP contribution in [0.15, 0.2) is 53.3 Å². The van der Waals surface area contributed by atoms with Gasteiger partial charge in [0.05, 0.1) is 0 Å². The van der Waals surface area contributed by atoms with Crippen molar-refractivity contribution in [3.63, 3.8) is 0 Å². The average Bonchev–Trinajstić information content (AvgIpc) is 2.76. The molecular weight excluding hydrogens is 396 g/mol. The van der Waals surface area contributed by atoms with E-state index in [9.17, 15) is 9.59 Å². The molecule has 2 aromatic carbocycles.